The van der Waals surface area contributed by atoms with Gasteiger partial charge in [0, 0.05) is 21.2 Å². The first kappa shape index (κ1) is 18.8. The standard InChI is InChI=1S/C15H22BrF3N2OSi/c1-10-7-11-8-20-21(9-22-5-6-23(2,3)4)14(11)13(16)12(10)15(17,18)19/h7,20H,5-6,8-9H2,1-4H3. The highest BCUT2D eigenvalue weighted by atomic mass is 79.9. The van der Waals surface area contributed by atoms with Gasteiger partial charge in [0.2, 0.25) is 0 Å². The topological polar surface area (TPSA) is 24.5 Å². The van der Waals surface area contributed by atoms with Crippen LogP contribution in [0.2, 0.25) is 25.7 Å². The summed E-state index contributed by atoms with van der Waals surface area (Å²) in [5.41, 5.74) is 4.07. The Kier molecular flexibility index (Phi) is 5.50. The van der Waals surface area contributed by atoms with E-state index in [4.69, 9.17) is 4.74 Å². The first-order chi connectivity index (χ1) is 10.5. The number of fused-ring (bicyclic) bond motifs is 1. The van der Waals surface area contributed by atoms with E-state index in [2.05, 4.69) is 41.0 Å². The molecule has 1 aromatic carbocycles. The van der Waals surface area contributed by atoms with E-state index in [0.29, 0.717) is 18.8 Å². The summed E-state index contributed by atoms with van der Waals surface area (Å²) in [5.74, 6) is 0. The molecule has 0 unspecified atom stereocenters. The first-order valence-corrected chi connectivity index (χ1v) is 12.0. The molecule has 0 saturated heterocycles. The van der Waals surface area contributed by atoms with Crippen molar-refractivity contribution in [1.29, 1.82) is 0 Å². The van der Waals surface area contributed by atoms with E-state index in [9.17, 15) is 13.2 Å². The number of hydrogen-bond acceptors (Lipinski definition) is 3. The quantitative estimate of drug-likeness (QED) is 0.550. The van der Waals surface area contributed by atoms with Gasteiger partial charge in [-0.05, 0) is 40.0 Å². The fourth-order valence-corrected chi connectivity index (χ4v) is 4.28. The number of benzene rings is 1. The Balaban J connectivity index is 2.16. The van der Waals surface area contributed by atoms with Crippen LogP contribution in [0.15, 0.2) is 10.5 Å². The SMILES string of the molecule is Cc1cc2c(c(Br)c1C(F)(F)F)N(COCC[Si](C)(C)C)NC2. The molecular formula is C15H22BrF3N2OSi. The van der Waals surface area contributed by atoms with Crippen molar-refractivity contribution in [2.45, 2.75) is 45.3 Å². The molecule has 1 N–H and O–H groups in total. The van der Waals surface area contributed by atoms with E-state index in [-0.39, 0.29) is 16.8 Å². The third-order valence-corrected chi connectivity index (χ3v) is 6.22. The monoisotopic (exact) mass is 410 g/mol. The number of anilines is 1. The maximum atomic E-state index is 13.2. The Morgan fingerprint density at radius 3 is 2.57 bits per heavy atom. The molecule has 0 saturated carbocycles. The second-order valence-corrected chi connectivity index (χ2v) is 13.4. The largest absolute Gasteiger partial charge is 0.417 e. The lowest BCUT2D eigenvalue weighted by Gasteiger charge is -2.24. The fourth-order valence-electron chi connectivity index (χ4n) is 2.51. The van der Waals surface area contributed by atoms with Gasteiger partial charge in [-0.15, -0.1) is 0 Å². The normalized spacial score (nSPS) is 15.2. The van der Waals surface area contributed by atoms with Crippen molar-refractivity contribution in [2.75, 3.05) is 18.3 Å². The minimum absolute atomic E-state index is 0.0822. The van der Waals surface area contributed by atoms with E-state index in [1.165, 1.54) is 6.92 Å². The summed E-state index contributed by atoms with van der Waals surface area (Å²) in [7, 11) is -1.18. The third kappa shape index (κ3) is 4.49. The highest BCUT2D eigenvalue weighted by Gasteiger charge is 2.38. The second kappa shape index (κ2) is 6.74. The van der Waals surface area contributed by atoms with Crippen molar-refractivity contribution in [2.24, 2.45) is 0 Å². The van der Waals surface area contributed by atoms with Crippen LogP contribution in [-0.4, -0.2) is 21.4 Å². The van der Waals surface area contributed by atoms with Crippen LogP contribution < -0.4 is 10.4 Å². The summed E-state index contributed by atoms with van der Waals surface area (Å²) >= 11 is 3.15. The second-order valence-electron chi connectivity index (χ2n) is 7.00. The van der Waals surface area contributed by atoms with Crippen LogP contribution in [0.25, 0.3) is 0 Å². The molecule has 1 aliphatic rings. The molecule has 1 heterocycles. The number of nitrogens with one attached hydrogen (secondary N) is 1. The summed E-state index contributed by atoms with van der Waals surface area (Å²) < 4.78 is 45.5. The third-order valence-electron chi connectivity index (χ3n) is 3.75. The van der Waals surface area contributed by atoms with Crippen LogP contribution >= 0.6 is 15.9 Å². The van der Waals surface area contributed by atoms with Gasteiger partial charge in [0.1, 0.15) is 6.73 Å². The Hall–Kier alpha value is -0.573. The minimum atomic E-state index is -4.38. The van der Waals surface area contributed by atoms with E-state index >= 15 is 0 Å². The number of alkyl halides is 3. The highest BCUT2D eigenvalue weighted by molar-refractivity contribution is 9.10. The molecule has 0 spiro atoms. The van der Waals surface area contributed by atoms with E-state index < -0.39 is 19.8 Å². The molecular weight excluding hydrogens is 389 g/mol. The van der Waals surface area contributed by atoms with Gasteiger partial charge >= 0.3 is 6.18 Å². The molecule has 1 aromatic rings. The maximum Gasteiger partial charge on any atom is 0.417 e. The van der Waals surface area contributed by atoms with Crippen molar-refractivity contribution in [3.8, 4) is 0 Å². The zero-order valence-corrected chi connectivity index (χ0v) is 16.4. The Bertz CT molecular complexity index is 588. The molecule has 2 rings (SSSR count). The van der Waals surface area contributed by atoms with Gasteiger partial charge in [-0.2, -0.15) is 13.2 Å². The van der Waals surface area contributed by atoms with E-state index in [1.807, 2.05) is 0 Å². The number of halogens is 4. The van der Waals surface area contributed by atoms with Gasteiger partial charge in [-0.1, -0.05) is 25.7 Å². The molecule has 1 aliphatic heterocycles. The fraction of sp³-hybridized carbons (Fsp3) is 0.600. The van der Waals surface area contributed by atoms with Crippen molar-refractivity contribution < 1.29 is 17.9 Å². The summed E-state index contributed by atoms with van der Waals surface area (Å²) in [6, 6.07) is 2.62. The van der Waals surface area contributed by atoms with Crippen molar-refractivity contribution in [3.05, 3.63) is 27.2 Å². The molecule has 0 amide bonds. The molecule has 0 aliphatic carbocycles. The van der Waals surface area contributed by atoms with Crippen LogP contribution in [0.1, 0.15) is 16.7 Å². The van der Waals surface area contributed by atoms with Gasteiger partial charge in [0.25, 0.3) is 0 Å². The maximum absolute atomic E-state index is 13.2. The van der Waals surface area contributed by atoms with Gasteiger partial charge in [-0.25, -0.2) is 5.43 Å². The van der Waals surface area contributed by atoms with Gasteiger partial charge < -0.3 is 4.74 Å². The molecule has 0 aromatic heterocycles. The average molecular weight is 411 g/mol. The lowest BCUT2D eigenvalue weighted by molar-refractivity contribution is -0.138. The van der Waals surface area contributed by atoms with Gasteiger partial charge in [0.05, 0.1) is 15.7 Å². The van der Waals surface area contributed by atoms with Crippen LogP contribution in [0.4, 0.5) is 18.9 Å². The number of aryl methyl sites for hydroxylation is 1. The molecule has 23 heavy (non-hydrogen) atoms. The molecule has 0 radical (unpaired) electrons. The number of hydrazine groups is 1. The zero-order valence-electron chi connectivity index (χ0n) is 13.8. The number of rotatable bonds is 5. The lowest BCUT2D eigenvalue weighted by atomic mass is 10.0. The molecule has 0 atom stereocenters. The molecule has 8 heteroatoms. The van der Waals surface area contributed by atoms with E-state index in [1.54, 1.807) is 11.1 Å². The number of hydrogen-bond donors (Lipinski definition) is 1. The Morgan fingerprint density at radius 1 is 1.35 bits per heavy atom. The Morgan fingerprint density at radius 2 is 2.00 bits per heavy atom. The predicted molar refractivity (Wildman–Crippen MR) is 92.2 cm³/mol. The molecule has 0 bridgehead atoms. The number of ether oxygens (including phenoxy) is 1. The smallest absolute Gasteiger partial charge is 0.360 e. The molecule has 3 nitrogen and oxygen atoms in total. The van der Waals surface area contributed by atoms with Gasteiger partial charge in [0.15, 0.2) is 0 Å². The predicted octanol–water partition coefficient (Wildman–Crippen LogP) is 4.91. The van der Waals surface area contributed by atoms with Crippen molar-refractivity contribution in [1.82, 2.24) is 5.43 Å². The number of nitrogens with zero attached hydrogens (tertiary/aromatic N) is 1. The van der Waals surface area contributed by atoms with Crippen molar-refractivity contribution in [3.63, 3.8) is 0 Å². The van der Waals surface area contributed by atoms with Crippen LogP contribution in [-0.2, 0) is 17.5 Å². The van der Waals surface area contributed by atoms with Crippen LogP contribution in [0.3, 0.4) is 0 Å². The Labute approximate surface area is 144 Å². The summed E-state index contributed by atoms with van der Waals surface area (Å²) in [6.07, 6.45) is -4.38. The lowest BCUT2D eigenvalue weighted by Crippen LogP contribution is -2.35. The first-order valence-electron chi connectivity index (χ1n) is 7.48. The van der Waals surface area contributed by atoms with Crippen molar-refractivity contribution >= 4 is 29.7 Å². The molecule has 0 fully saturated rings. The average Bonchev–Trinajstić information content (AvgIpc) is 2.75. The summed E-state index contributed by atoms with van der Waals surface area (Å²) in [5, 5.41) is 1.65. The highest BCUT2D eigenvalue weighted by Crippen LogP contribution is 2.44. The molecule has 130 valence electrons. The van der Waals surface area contributed by atoms with E-state index in [0.717, 1.165) is 11.6 Å². The van der Waals surface area contributed by atoms with Crippen LogP contribution in [0, 0.1) is 6.92 Å². The summed E-state index contributed by atoms with van der Waals surface area (Å²) in [4.78, 5) is 0. The van der Waals surface area contributed by atoms with Gasteiger partial charge in [-0.3, -0.25) is 5.01 Å². The minimum Gasteiger partial charge on any atom is -0.360 e. The summed E-state index contributed by atoms with van der Waals surface area (Å²) in [6.45, 7) is 9.62. The zero-order chi connectivity index (χ0) is 17.4. The van der Waals surface area contributed by atoms with Crippen LogP contribution in [0.5, 0.6) is 0 Å².